The van der Waals surface area contributed by atoms with Crippen molar-refractivity contribution in [3.63, 3.8) is 0 Å². The first-order valence-corrected chi connectivity index (χ1v) is 13.2. The van der Waals surface area contributed by atoms with Crippen molar-refractivity contribution in [1.29, 1.82) is 0 Å². The van der Waals surface area contributed by atoms with Crippen LogP contribution in [0.25, 0.3) is 0 Å². The first-order valence-electron chi connectivity index (χ1n) is 11.7. The first kappa shape index (κ1) is 23.6. The van der Waals surface area contributed by atoms with E-state index < -0.39 is 10.0 Å². The van der Waals surface area contributed by atoms with E-state index >= 15 is 0 Å². The van der Waals surface area contributed by atoms with Gasteiger partial charge in [-0.1, -0.05) is 6.42 Å². The summed E-state index contributed by atoms with van der Waals surface area (Å²) >= 11 is 0. The average molecular weight is 473 g/mol. The number of hydrogen-bond acceptors (Lipinski definition) is 6. The zero-order valence-corrected chi connectivity index (χ0v) is 20.1. The molecule has 1 N–H and O–H groups in total. The second-order valence-electron chi connectivity index (χ2n) is 8.99. The lowest BCUT2D eigenvalue weighted by Gasteiger charge is -2.29. The number of aryl methyl sites for hydroxylation is 2. The number of rotatable bonds is 6. The fraction of sp³-hybridized carbons (Fsp3) is 0.542. The average Bonchev–Trinajstić information content (AvgIpc) is 2.80. The van der Waals surface area contributed by atoms with Gasteiger partial charge in [-0.25, -0.2) is 18.4 Å². The maximum absolute atomic E-state index is 12.8. The molecule has 0 bridgehead atoms. The van der Waals surface area contributed by atoms with Crippen LogP contribution in [0.15, 0.2) is 35.2 Å². The zero-order valence-electron chi connectivity index (χ0n) is 19.3. The molecule has 1 aliphatic carbocycles. The summed E-state index contributed by atoms with van der Waals surface area (Å²) in [4.78, 5) is 21.6. The monoisotopic (exact) mass is 472 g/mol. The molecule has 0 unspecified atom stereocenters. The van der Waals surface area contributed by atoms with E-state index in [0.717, 1.165) is 56.3 Å². The van der Waals surface area contributed by atoms with E-state index in [2.05, 4.69) is 15.3 Å². The van der Waals surface area contributed by atoms with Crippen LogP contribution in [-0.2, 0) is 10.0 Å². The molecule has 1 aromatic carbocycles. The molecule has 1 aliphatic heterocycles. The van der Waals surface area contributed by atoms with E-state index in [1.165, 1.54) is 16.4 Å². The maximum atomic E-state index is 12.8. The predicted molar refractivity (Wildman–Crippen MR) is 125 cm³/mol. The van der Waals surface area contributed by atoms with Gasteiger partial charge in [-0.3, -0.25) is 4.79 Å². The van der Waals surface area contributed by atoms with Crippen molar-refractivity contribution in [3.05, 3.63) is 47.3 Å². The molecule has 2 fully saturated rings. The number of piperidine rings is 1. The number of nitrogens with zero attached hydrogens (tertiary/aromatic N) is 3. The highest BCUT2D eigenvalue weighted by molar-refractivity contribution is 7.89. The number of hydrogen-bond donors (Lipinski definition) is 1. The van der Waals surface area contributed by atoms with Crippen molar-refractivity contribution in [3.8, 4) is 6.01 Å². The Bertz CT molecular complexity index is 1050. The molecule has 0 radical (unpaired) electrons. The number of amides is 1. The molecule has 1 aromatic heterocycles. The number of aromatic nitrogens is 2. The van der Waals surface area contributed by atoms with Gasteiger partial charge in [0.25, 0.3) is 5.91 Å². The normalized spacial score (nSPS) is 22.0. The Morgan fingerprint density at radius 2 is 1.58 bits per heavy atom. The SMILES string of the molecule is Cc1cc(C)nc(OC2CCC(NC(=O)c3ccc(S(=O)(=O)N4CCCCC4)cc3)CC2)n1. The van der Waals surface area contributed by atoms with Crippen LogP contribution < -0.4 is 10.1 Å². The van der Waals surface area contributed by atoms with Gasteiger partial charge in [-0.05, 0) is 82.7 Å². The van der Waals surface area contributed by atoms with Gasteiger partial charge in [0.1, 0.15) is 6.10 Å². The lowest BCUT2D eigenvalue weighted by molar-refractivity contribution is 0.0884. The summed E-state index contributed by atoms with van der Waals surface area (Å²) < 4.78 is 33.1. The van der Waals surface area contributed by atoms with E-state index in [9.17, 15) is 13.2 Å². The lowest BCUT2D eigenvalue weighted by atomic mass is 9.92. The fourth-order valence-corrected chi connectivity index (χ4v) is 6.04. The summed E-state index contributed by atoms with van der Waals surface area (Å²) in [7, 11) is -3.49. The minimum atomic E-state index is -3.49. The third-order valence-electron chi connectivity index (χ3n) is 6.31. The Morgan fingerprint density at radius 1 is 0.970 bits per heavy atom. The van der Waals surface area contributed by atoms with Gasteiger partial charge in [0.05, 0.1) is 4.90 Å². The lowest BCUT2D eigenvalue weighted by Crippen LogP contribution is -2.39. The summed E-state index contributed by atoms with van der Waals surface area (Å²) in [5.41, 5.74) is 2.23. The molecule has 9 heteroatoms. The second-order valence-corrected chi connectivity index (χ2v) is 10.9. The molecule has 33 heavy (non-hydrogen) atoms. The highest BCUT2D eigenvalue weighted by atomic mass is 32.2. The summed E-state index contributed by atoms with van der Waals surface area (Å²) in [6.45, 7) is 4.96. The summed E-state index contributed by atoms with van der Waals surface area (Å²) in [5.74, 6) is -0.182. The van der Waals surface area contributed by atoms with E-state index in [4.69, 9.17) is 4.74 Å². The van der Waals surface area contributed by atoms with E-state index in [0.29, 0.717) is 24.7 Å². The van der Waals surface area contributed by atoms with Gasteiger partial charge >= 0.3 is 6.01 Å². The van der Waals surface area contributed by atoms with Crippen LogP contribution in [0.4, 0.5) is 0 Å². The number of benzene rings is 1. The summed E-state index contributed by atoms with van der Waals surface area (Å²) in [6.07, 6.45) is 6.14. The molecular weight excluding hydrogens is 440 g/mol. The van der Waals surface area contributed by atoms with Gasteiger partial charge in [-0.15, -0.1) is 0 Å². The van der Waals surface area contributed by atoms with Crippen LogP contribution in [-0.4, -0.2) is 53.8 Å². The van der Waals surface area contributed by atoms with Crippen molar-refractivity contribution in [2.24, 2.45) is 0 Å². The minimum absolute atomic E-state index is 0.0404. The number of sulfonamides is 1. The molecule has 2 aliphatic rings. The van der Waals surface area contributed by atoms with E-state index in [1.807, 2.05) is 19.9 Å². The van der Waals surface area contributed by atoms with Gasteiger partial charge < -0.3 is 10.1 Å². The number of carbonyl (C=O) groups is 1. The first-order chi connectivity index (χ1) is 15.8. The zero-order chi connectivity index (χ0) is 23.4. The molecule has 1 amide bonds. The molecule has 8 nitrogen and oxygen atoms in total. The Kier molecular flexibility index (Phi) is 7.29. The van der Waals surface area contributed by atoms with E-state index in [-0.39, 0.29) is 22.9 Å². The smallest absolute Gasteiger partial charge is 0.317 e. The van der Waals surface area contributed by atoms with Crippen LogP contribution in [0, 0.1) is 13.8 Å². The van der Waals surface area contributed by atoms with Crippen LogP contribution in [0.5, 0.6) is 6.01 Å². The van der Waals surface area contributed by atoms with Crippen LogP contribution in [0.3, 0.4) is 0 Å². The van der Waals surface area contributed by atoms with Crippen LogP contribution in [0.1, 0.15) is 66.7 Å². The van der Waals surface area contributed by atoms with Crippen LogP contribution >= 0.6 is 0 Å². The molecule has 4 rings (SSSR count). The number of ether oxygens (including phenoxy) is 1. The van der Waals surface area contributed by atoms with Crippen molar-refractivity contribution in [2.75, 3.05) is 13.1 Å². The molecular formula is C24H32N4O4S. The third-order valence-corrected chi connectivity index (χ3v) is 8.23. The highest BCUT2D eigenvalue weighted by Crippen LogP contribution is 2.24. The quantitative estimate of drug-likeness (QED) is 0.692. The second kappa shape index (κ2) is 10.2. The Morgan fingerprint density at radius 3 is 2.18 bits per heavy atom. The molecule has 0 spiro atoms. The molecule has 178 valence electrons. The molecule has 1 saturated carbocycles. The fourth-order valence-electron chi connectivity index (χ4n) is 4.52. The summed E-state index contributed by atoms with van der Waals surface area (Å²) in [5, 5.41) is 3.07. The van der Waals surface area contributed by atoms with E-state index in [1.54, 1.807) is 12.1 Å². The Balaban J connectivity index is 1.29. The topological polar surface area (TPSA) is 101 Å². The standard InChI is InChI=1S/C24H32N4O4S/c1-17-16-18(2)26-24(25-17)32-21-10-8-20(9-11-21)27-23(29)19-6-12-22(13-7-19)33(30,31)28-14-4-3-5-15-28/h6-7,12-13,16,20-21H,3-5,8-11,14-15H2,1-2H3,(H,27,29). The van der Waals surface area contributed by atoms with Crippen LogP contribution in [0.2, 0.25) is 0 Å². The minimum Gasteiger partial charge on any atom is -0.460 e. The van der Waals surface area contributed by atoms with Gasteiger partial charge in [0.2, 0.25) is 10.0 Å². The largest absolute Gasteiger partial charge is 0.460 e. The molecule has 1 saturated heterocycles. The van der Waals surface area contributed by atoms with Gasteiger partial charge in [-0.2, -0.15) is 4.31 Å². The van der Waals surface area contributed by atoms with Gasteiger partial charge in [0, 0.05) is 36.1 Å². The number of nitrogens with one attached hydrogen (secondary N) is 1. The molecule has 2 heterocycles. The van der Waals surface area contributed by atoms with Crippen molar-refractivity contribution < 1.29 is 17.9 Å². The highest BCUT2D eigenvalue weighted by Gasteiger charge is 2.27. The number of carbonyl (C=O) groups excluding carboxylic acids is 1. The van der Waals surface area contributed by atoms with Gasteiger partial charge in [0.15, 0.2) is 0 Å². The maximum Gasteiger partial charge on any atom is 0.317 e. The van der Waals surface area contributed by atoms with Crippen molar-refractivity contribution in [1.82, 2.24) is 19.6 Å². The third kappa shape index (κ3) is 5.89. The van der Waals surface area contributed by atoms with Crippen molar-refractivity contribution in [2.45, 2.75) is 75.8 Å². The Hall–Kier alpha value is -2.52. The summed E-state index contributed by atoms with van der Waals surface area (Å²) in [6, 6.07) is 8.65. The Labute approximate surface area is 195 Å². The van der Waals surface area contributed by atoms with Crippen molar-refractivity contribution >= 4 is 15.9 Å². The predicted octanol–water partition coefficient (Wildman–Crippen LogP) is 3.39. The molecule has 0 atom stereocenters. The molecule has 2 aromatic rings.